The molecule has 3 rings (SSSR count). The topological polar surface area (TPSA) is 77.8 Å². The summed E-state index contributed by atoms with van der Waals surface area (Å²) in [5, 5.41) is 0.0381. The summed E-state index contributed by atoms with van der Waals surface area (Å²) in [7, 11) is -3.81. The predicted octanol–water partition coefficient (Wildman–Crippen LogP) is 4.13. The molecule has 0 spiro atoms. The van der Waals surface area contributed by atoms with Gasteiger partial charge in [-0.25, -0.2) is 0 Å². The van der Waals surface area contributed by atoms with Gasteiger partial charge in [-0.3, -0.25) is 8.98 Å². The first-order chi connectivity index (χ1) is 14.2. The normalized spacial score (nSPS) is 17.0. The van der Waals surface area contributed by atoms with E-state index in [2.05, 4.69) is 33.9 Å². The number of aryl methyl sites for hydroxylation is 1. The fraction of sp³-hybridized carbons (Fsp3) is 0.500. The van der Waals surface area contributed by atoms with Gasteiger partial charge in [-0.1, -0.05) is 26.8 Å². The fourth-order valence-corrected chi connectivity index (χ4v) is 4.83. The molecule has 1 aromatic carbocycles. The van der Waals surface area contributed by atoms with E-state index in [1.165, 1.54) is 0 Å². The summed E-state index contributed by atoms with van der Waals surface area (Å²) in [6.07, 6.45) is 2.86. The molecule has 0 saturated heterocycles. The second kappa shape index (κ2) is 8.11. The number of amides is 1. The van der Waals surface area contributed by atoms with Crippen molar-refractivity contribution in [1.82, 2.24) is 4.57 Å². The average molecular weight is 465 g/mol. The molecule has 1 aliphatic rings. The lowest BCUT2D eigenvalue weighted by atomic mass is 10.0. The third-order valence-corrected chi connectivity index (χ3v) is 11.1. The number of hydrogen-bond donors (Lipinski definition) is 0. The molecule has 0 bridgehead atoms. The molecule has 1 aliphatic heterocycles. The Bertz CT molecular complexity index is 1090. The zero-order chi connectivity index (χ0) is 23.2. The molecule has 31 heavy (non-hydrogen) atoms. The Hall–Kier alpha value is -2.10. The van der Waals surface area contributed by atoms with Gasteiger partial charge in [-0.2, -0.15) is 8.42 Å². The SMILES string of the molecule is Cn1cccc1C(=O)N1CC(COS(C)(=O)=O)c2ccc(O[Si](C)(C)C(C)(C)C)cc21. The molecule has 0 fully saturated rings. The van der Waals surface area contributed by atoms with Crippen LogP contribution >= 0.6 is 0 Å². The Morgan fingerprint density at radius 2 is 1.90 bits per heavy atom. The van der Waals surface area contributed by atoms with Crippen LogP contribution in [0.15, 0.2) is 36.5 Å². The molecule has 0 radical (unpaired) electrons. The third-order valence-electron chi connectivity index (χ3n) is 6.21. The maximum atomic E-state index is 13.3. The summed E-state index contributed by atoms with van der Waals surface area (Å²) in [6.45, 7) is 11.2. The lowest BCUT2D eigenvalue weighted by Crippen LogP contribution is -2.43. The van der Waals surface area contributed by atoms with Crippen LogP contribution in [0.5, 0.6) is 5.75 Å². The maximum absolute atomic E-state index is 13.3. The largest absolute Gasteiger partial charge is 0.543 e. The van der Waals surface area contributed by atoms with Crippen molar-refractivity contribution in [2.75, 3.05) is 24.3 Å². The first-order valence-electron chi connectivity index (χ1n) is 10.3. The minimum Gasteiger partial charge on any atom is -0.543 e. The van der Waals surface area contributed by atoms with Crippen molar-refractivity contribution in [2.24, 2.45) is 7.05 Å². The van der Waals surface area contributed by atoms with Gasteiger partial charge in [0.05, 0.1) is 18.6 Å². The molecule has 1 amide bonds. The molecule has 0 N–H and O–H groups in total. The van der Waals surface area contributed by atoms with Gasteiger partial charge >= 0.3 is 0 Å². The molecule has 9 heteroatoms. The summed E-state index contributed by atoms with van der Waals surface area (Å²) in [5.41, 5.74) is 2.18. The van der Waals surface area contributed by atoms with E-state index in [-0.39, 0.29) is 23.5 Å². The van der Waals surface area contributed by atoms with Crippen LogP contribution in [0.4, 0.5) is 5.69 Å². The second-order valence-corrected chi connectivity index (χ2v) is 16.1. The molecule has 2 heterocycles. The van der Waals surface area contributed by atoms with Crippen molar-refractivity contribution in [1.29, 1.82) is 0 Å². The molecule has 170 valence electrons. The monoisotopic (exact) mass is 464 g/mol. The average Bonchev–Trinajstić information content (AvgIpc) is 3.21. The Labute approximate surface area is 186 Å². The number of hydrogen-bond acceptors (Lipinski definition) is 5. The highest BCUT2D eigenvalue weighted by Crippen LogP contribution is 2.42. The zero-order valence-electron chi connectivity index (χ0n) is 19.3. The summed E-state index contributed by atoms with van der Waals surface area (Å²) in [6, 6.07) is 9.33. The maximum Gasteiger partial charge on any atom is 0.274 e. The summed E-state index contributed by atoms with van der Waals surface area (Å²) in [4.78, 5) is 15.0. The van der Waals surface area contributed by atoms with Crippen molar-refractivity contribution >= 4 is 30.0 Å². The Morgan fingerprint density at radius 3 is 2.45 bits per heavy atom. The van der Waals surface area contributed by atoms with Gasteiger partial charge in [0.15, 0.2) is 0 Å². The van der Waals surface area contributed by atoms with Crippen LogP contribution in [0.3, 0.4) is 0 Å². The first-order valence-corrected chi connectivity index (χ1v) is 15.0. The van der Waals surface area contributed by atoms with Gasteiger partial charge in [-0.05, 0) is 41.9 Å². The van der Waals surface area contributed by atoms with Crippen LogP contribution in [0.1, 0.15) is 42.7 Å². The van der Waals surface area contributed by atoms with Gasteiger partial charge in [0.2, 0.25) is 8.32 Å². The standard InChI is InChI=1S/C22H32N2O5SSi/c1-22(2,3)31(6,7)29-17-10-11-18-16(15-28-30(5,26)27)14-24(20(18)13-17)21(25)19-9-8-12-23(19)4/h8-13,16H,14-15H2,1-7H3. The highest BCUT2D eigenvalue weighted by atomic mass is 32.2. The summed E-state index contributed by atoms with van der Waals surface area (Å²) >= 11 is 0. The smallest absolute Gasteiger partial charge is 0.274 e. The number of carbonyl (C=O) groups excluding carboxylic acids is 1. The van der Waals surface area contributed by atoms with Crippen LogP contribution in [0, 0.1) is 0 Å². The van der Waals surface area contributed by atoms with E-state index < -0.39 is 18.4 Å². The van der Waals surface area contributed by atoms with E-state index in [1.807, 2.05) is 37.5 Å². The number of benzene rings is 1. The molecule has 2 aromatic rings. The molecule has 0 aliphatic carbocycles. The van der Waals surface area contributed by atoms with Crippen LogP contribution in [0.2, 0.25) is 18.1 Å². The van der Waals surface area contributed by atoms with E-state index in [0.29, 0.717) is 12.2 Å². The van der Waals surface area contributed by atoms with Gasteiger partial charge in [0.1, 0.15) is 11.4 Å². The van der Waals surface area contributed by atoms with Gasteiger partial charge in [0, 0.05) is 31.8 Å². The number of aromatic nitrogens is 1. The zero-order valence-corrected chi connectivity index (χ0v) is 21.1. The summed E-state index contributed by atoms with van der Waals surface area (Å²) in [5.74, 6) is 0.343. The lowest BCUT2D eigenvalue weighted by Gasteiger charge is -2.36. The lowest BCUT2D eigenvalue weighted by molar-refractivity contribution is 0.0979. The van der Waals surface area contributed by atoms with Gasteiger partial charge < -0.3 is 13.9 Å². The number of nitrogens with zero attached hydrogens (tertiary/aromatic N) is 2. The number of carbonyl (C=O) groups is 1. The third kappa shape index (κ3) is 5.04. The molecule has 1 atom stereocenters. The first kappa shape index (κ1) is 23.6. The molecule has 0 saturated carbocycles. The van der Waals surface area contributed by atoms with Gasteiger partial charge in [0.25, 0.3) is 16.0 Å². The van der Waals surface area contributed by atoms with Crippen LogP contribution in [-0.2, 0) is 21.3 Å². The Kier molecular flexibility index (Phi) is 6.16. The van der Waals surface area contributed by atoms with Crippen molar-refractivity contribution in [3.63, 3.8) is 0 Å². The van der Waals surface area contributed by atoms with Crippen LogP contribution in [-0.4, -0.2) is 46.6 Å². The minimum absolute atomic E-state index is 0.00874. The van der Waals surface area contributed by atoms with Crippen molar-refractivity contribution in [3.05, 3.63) is 47.8 Å². The minimum atomic E-state index is -3.58. The summed E-state index contributed by atoms with van der Waals surface area (Å²) < 4.78 is 36.4. The van der Waals surface area contributed by atoms with Crippen molar-refractivity contribution in [3.8, 4) is 5.75 Å². The fourth-order valence-electron chi connectivity index (χ4n) is 3.39. The number of fused-ring (bicyclic) bond motifs is 1. The number of anilines is 1. The molecule has 7 nitrogen and oxygen atoms in total. The molecule has 1 unspecified atom stereocenters. The van der Waals surface area contributed by atoms with Crippen LogP contribution in [0.25, 0.3) is 0 Å². The van der Waals surface area contributed by atoms with Crippen molar-refractivity contribution < 1.29 is 21.8 Å². The highest BCUT2D eigenvalue weighted by molar-refractivity contribution is 7.85. The number of rotatable bonds is 6. The predicted molar refractivity (Wildman–Crippen MR) is 125 cm³/mol. The Balaban J connectivity index is 1.98. The molecule has 1 aromatic heterocycles. The Morgan fingerprint density at radius 1 is 1.23 bits per heavy atom. The highest BCUT2D eigenvalue weighted by Gasteiger charge is 2.40. The van der Waals surface area contributed by atoms with E-state index in [1.54, 1.807) is 15.5 Å². The van der Waals surface area contributed by atoms with E-state index >= 15 is 0 Å². The van der Waals surface area contributed by atoms with Crippen molar-refractivity contribution in [2.45, 2.75) is 44.8 Å². The van der Waals surface area contributed by atoms with E-state index in [9.17, 15) is 13.2 Å². The molecular formula is C22H32N2O5SSi. The molecular weight excluding hydrogens is 432 g/mol. The van der Waals surface area contributed by atoms with Gasteiger partial charge in [-0.15, -0.1) is 0 Å². The van der Waals surface area contributed by atoms with Crippen LogP contribution < -0.4 is 9.33 Å². The van der Waals surface area contributed by atoms with E-state index in [0.717, 1.165) is 23.3 Å². The quantitative estimate of drug-likeness (QED) is 0.474. The van der Waals surface area contributed by atoms with E-state index in [4.69, 9.17) is 8.61 Å². The second-order valence-electron chi connectivity index (χ2n) is 9.69.